The number of benzene rings is 1. The van der Waals surface area contributed by atoms with E-state index in [2.05, 4.69) is 21.7 Å². The van der Waals surface area contributed by atoms with Crippen molar-refractivity contribution in [3.05, 3.63) is 70.2 Å². The van der Waals surface area contributed by atoms with Gasteiger partial charge < -0.3 is 10.1 Å². The number of aryl methyl sites for hydroxylation is 1. The highest BCUT2D eigenvalue weighted by molar-refractivity contribution is 7.10. The second-order valence-electron chi connectivity index (χ2n) is 6.44. The summed E-state index contributed by atoms with van der Waals surface area (Å²) in [6.07, 6.45) is 4.72. The number of hydrogen-bond donors (Lipinski definition) is 1. The number of ether oxygens (including phenoxy) is 1. The van der Waals surface area contributed by atoms with Crippen LogP contribution in [0.25, 0.3) is 11.1 Å². The van der Waals surface area contributed by atoms with E-state index in [1.807, 2.05) is 37.3 Å². The normalized spacial score (nSPS) is 16.1. The maximum Gasteiger partial charge on any atom is 0.227 e. The number of hydrogen-bond acceptors (Lipinski definition) is 4. The lowest BCUT2D eigenvalue weighted by atomic mass is 10.0. The van der Waals surface area contributed by atoms with E-state index in [4.69, 9.17) is 4.74 Å². The summed E-state index contributed by atoms with van der Waals surface area (Å²) >= 11 is 1.67. The van der Waals surface area contributed by atoms with Crippen molar-refractivity contribution in [3.8, 4) is 11.1 Å². The number of rotatable bonds is 4. The fourth-order valence-corrected chi connectivity index (χ4v) is 4.36. The van der Waals surface area contributed by atoms with E-state index in [9.17, 15) is 4.79 Å². The summed E-state index contributed by atoms with van der Waals surface area (Å²) in [4.78, 5) is 17.7. The van der Waals surface area contributed by atoms with E-state index in [0.29, 0.717) is 13.0 Å². The lowest BCUT2D eigenvalue weighted by Gasteiger charge is -2.22. The average molecular weight is 364 g/mol. The molecule has 4 nitrogen and oxygen atoms in total. The van der Waals surface area contributed by atoms with Crippen LogP contribution in [0.2, 0.25) is 0 Å². The lowest BCUT2D eigenvalue weighted by Crippen LogP contribution is -2.21. The molecule has 3 aromatic rings. The van der Waals surface area contributed by atoms with E-state index < -0.39 is 0 Å². The van der Waals surface area contributed by atoms with Gasteiger partial charge in [-0.25, -0.2) is 0 Å². The van der Waals surface area contributed by atoms with Gasteiger partial charge in [-0.05, 0) is 71.3 Å². The molecule has 0 fully saturated rings. The number of aromatic nitrogens is 1. The minimum absolute atomic E-state index is 0.0210. The Kier molecular flexibility index (Phi) is 4.82. The molecule has 0 aliphatic carbocycles. The molecule has 2 aromatic heterocycles. The summed E-state index contributed by atoms with van der Waals surface area (Å²) in [5, 5.41) is 5.08. The number of fused-ring (bicyclic) bond motifs is 1. The minimum atomic E-state index is -0.129. The largest absolute Gasteiger partial charge is 0.372 e. The molecule has 1 amide bonds. The molecule has 1 atom stereocenters. The van der Waals surface area contributed by atoms with Crippen LogP contribution in [0.1, 0.15) is 28.5 Å². The Hall–Kier alpha value is -2.50. The van der Waals surface area contributed by atoms with Gasteiger partial charge in [-0.3, -0.25) is 9.78 Å². The summed E-state index contributed by atoms with van der Waals surface area (Å²) in [6.45, 7) is 2.73. The quantitative estimate of drug-likeness (QED) is 0.726. The Morgan fingerprint density at radius 3 is 2.92 bits per heavy atom. The zero-order valence-corrected chi connectivity index (χ0v) is 15.4. The average Bonchev–Trinajstić information content (AvgIpc) is 3.12. The summed E-state index contributed by atoms with van der Waals surface area (Å²) in [5.74, 6) is -0.0210. The van der Waals surface area contributed by atoms with Crippen LogP contribution in [0, 0.1) is 6.92 Å². The SMILES string of the molecule is Cc1cc(NC(=O)CC2OCCc3ccsc32)ccc1-c1ccncc1. The maximum atomic E-state index is 12.5. The lowest BCUT2D eigenvalue weighted by molar-refractivity contribution is -0.119. The molecule has 1 unspecified atom stereocenters. The van der Waals surface area contributed by atoms with Crippen LogP contribution >= 0.6 is 11.3 Å². The van der Waals surface area contributed by atoms with E-state index in [1.54, 1.807) is 23.7 Å². The van der Waals surface area contributed by atoms with Crippen molar-refractivity contribution in [3.63, 3.8) is 0 Å². The summed E-state index contributed by atoms with van der Waals surface area (Å²) in [7, 11) is 0. The Morgan fingerprint density at radius 2 is 2.12 bits per heavy atom. The molecule has 0 saturated heterocycles. The Balaban J connectivity index is 1.45. The van der Waals surface area contributed by atoms with Crippen molar-refractivity contribution in [2.45, 2.75) is 25.9 Å². The Labute approximate surface area is 156 Å². The third-order valence-electron chi connectivity index (χ3n) is 4.64. The fraction of sp³-hybridized carbons (Fsp3) is 0.238. The third-order valence-corrected chi connectivity index (χ3v) is 5.69. The Morgan fingerprint density at radius 1 is 1.27 bits per heavy atom. The van der Waals surface area contributed by atoms with E-state index in [0.717, 1.165) is 28.8 Å². The number of pyridine rings is 1. The summed E-state index contributed by atoms with van der Waals surface area (Å²) in [5.41, 5.74) is 5.51. The van der Waals surface area contributed by atoms with Gasteiger partial charge in [0.15, 0.2) is 0 Å². The molecule has 0 radical (unpaired) electrons. The molecule has 3 heterocycles. The predicted molar refractivity (Wildman–Crippen MR) is 104 cm³/mol. The van der Waals surface area contributed by atoms with E-state index in [-0.39, 0.29) is 12.0 Å². The van der Waals surface area contributed by atoms with Crippen LogP contribution in [0.15, 0.2) is 54.2 Å². The first kappa shape index (κ1) is 16.9. The van der Waals surface area contributed by atoms with Gasteiger partial charge in [-0.2, -0.15) is 0 Å². The molecule has 1 aliphatic heterocycles. The van der Waals surface area contributed by atoms with Gasteiger partial charge in [0.2, 0.25) is 5.91 Å². The topological polar surface area (TPSA) is 51.2 Å². The van der Waals surface area contributed by atoms with Crippen molar-refractivity contribution >= 4 is 22.9 Å². The summed E-state index contributed by atoms with van der Waals surface area (Å²) < 4.78 is 5.82. The van der Waals surface area contributed by atoms with Gasteiger partial charge in [0.05, 0.1) is 13.0 Å². The highest BCUT2D eigenvalue weighted by Gasteiger charge is 2.24. The molecule has 0 spiro atoms. The van der Waals surface area contributed by atoms with Crippen LogP contribution in [0.3, 0.4) is 0 Å². The molecule has 132 valence electrons. The minimum Gasteiger partial charge on any atom is -0.372 e. The van der Waals surface area contributed by atoms with Crippen molar-refractivity contribution in [2.75, 3.05) is 11.9 Å². The van der Waals surface area contributed by atoms with Gasteiger partial charge in [-0.1, -0.05) is 6.07 Å². The molecular formula is C21H20N2O2S. The molecule has 0 saturated carbocycles. The third kappa shape index (κ3) is 3.54. The van der Waals surface area contributed by atoms with E-state index >= 15 is 0 Å². The molecule has 1 aliphatic rings. The molecule has 1 aromatic carbocycles. The smallest absolute Gasteiger partial charge is 0.227 e. The first-order chi connectivity index (χ1) is 12.7. The second-order valence-corrected chi connectivity index (χ2v) is 7.39. The van der Waals surface area contributed by atoms with Crippen molar-refractivity contribution in [2.24, 2.45) is 0 Å². The van der Waals surface area contributed by atoms with Crippen LogP contribution in [-0.2, 0) is 16.0 Å². The van der Waals surface area contributed by atoms with Crippen molar-refractivity contribution in [1.82, 2.24) is 4.98 Å². The predicted octanol–water partition coefficient (Wildman–Crippen LogP) is 4.76. The number of amides is 1. The van der Waals surface area contributed by atoms with Gasteiger partial charge in [-0.15, -0.1) is 11.3 Å². The monoisotopic (exact) mass is 364 g/mol. The molecular weight excluding hydrogens is 344 g/mol. The van der Waals surface area contributed by atoms with Crippen LogP contribution in [0.5, 0.6) is 0 Å². The van der Waals surface area contributed by atoms with Crippen molar-refractivity contribution < 1.29 is 9.53 Å². The zero-order chi connectivity index (χ0) is 17.9. The number of nitrogens with zero attached hydrogens (tertiary/aromatic N) is 1. The van der Waals surface area contributed by atoms with Gasteiger partial charge >= 0.3 is 0 Å². The fourth-order valence-electron chi connectivity index (χ4n) is 3.35. The van der Waals surface area contributed by atoms with Crippen LogP contribution < -0.4 is 5.32 Å². The highest BCUT2D eigenvalue weighted by Crippen LogP contribution is 2.34. The van der Waals surface area contributed by atoms with Gasteiger partial charge in [0, 0.05) is 23.0 Å². The number of carbonyl (C=O) groups is 1. The number of thiophene rings is 1. The summed E-state index contributed by atoms with van der Waals surface area (Å²) in [6, 6.07) is 12.1. The van der Waals surface area contributed by atoms with Gasteiger partial charge in [0.1, 0.15) is 6.10 Å². The van der Waals surface area contributed by atoms with E-state index in [1.165, 1.54) is 10.4 Å². The van der Waals surface area contributed by atoms with Gasteiger partial charge in [0.25, 0.3) is 0 Å². The Bertz CT molecular complexity index is 921. The number of nitrogens with one attached hydrogen (secondary N) is 1. The van der Waals surface area contributed by atoms with Crippen molar-refractivity contribution in [1.29, 1.82) is 0 Å². The molecule has 0 bridgehead atoms. The molecule has 5 heteroatoms. The number of carbonyl (C=O) groups excluding carboxylic acids is 1. The number of anilines is 1. The second kappa shape index (κ2) is 7.40. The van der Waals surface area contributed by atoms with Crippen LogP contribution in [-0.4, -0.2) is 17.5 Å². The molecule has 26 heavy (non-hydrogen) atoms. The highest BCUT2D eigenvalue weighted by atomic mass is 32.1. The molecule has 4 rings (SSSR count). The first-order valence-electron chi connectivity index (χ1n) is 8.69. The standard InChI is InChI=1S/C21H20N2O2S/c1-14-12-17(2-3-18(14)15-4-8-22-9-5-15)23-20(24)13-19-21-16(6-10-25-19)7-11-26-21/h2-5,7-9,11-12,19H,6,10,13H2,1H3,(H,23,24). The molecule has 1 N–H and O–H groups in total. The zero-order valence-electron chi connectivity index (χ0n) is 14.6. The van der Waals surface area contributed by atoms with Crippen LogP contribution in [0.4, 0.5) is 5.69 Å². The first-order valence-corrected chi connectivity index (χ1v) is 9.57. The maximum absolute atomic E-state index is 12.5.